The van der Waals surface area contributed by atoms with E-state index < -0.39 is 18.3 Å². The number of phenolic OH excluding ortho intramolecular Hbond substituents is 1. The summed E-state index contributed by atoms with van der Waals surface area (Å²) in [4.78, 5) is 11.3. The third-order valence-electron chi connectivity index (χ3n) is 4.45. The Hall–Kier alpha value is -1.50. The van der Waals surface area contributed by atoms with Crippen LogP contribution in [0.5, 0.6) is 5.75 Å². The summed E-state index contributed by atoms with van der Waals surface area (Å²) in [6.07, 6.45) is 1.78. The van der Waals surface area contributed by atoms with Gasteiger partial charge in [-0.25, -0.2) is 0 Å². The van der Waals surface area contributed by atoms with Crippen LogP contribution in [0.15, 0.2) is 23.7 Å². The summed E-state index contributed by atoms with van der Waals surface area (Å²) in [5.74, 6) is -0.155. The lowest BCUT2D eigenvalue weighted by Gasteiger charge is -2.32. The molecule has 1 aliphatic rings. The van der Waals surface area contributed by atoms with Crippen molar-refractivity contribution in [1.82, 2.24) is 5.32 Å². The SMILES string of the molecule is CC(=O)NCC(=Cc1cccc(O)c1Cl)B1OC(C)(C)C(C)(C)O1. The smallest absolute Gasteiger partial charge is 0.492 e. The first-order valence-corrected chi connectivity index (χ1v) is 8.19. The largest absolute Gasteiger partial charge is 0.506 e. The second kappa shape index (κ2) is 6.79. The Kier molecular flexibility index (Phi) is 5.33. The van der Waals surface area contributed by atoms with E-state index in [1.165, 1.54) is 13.0 Å². The minimum absolute atomic E-state index is 0.00166. The highest BCUT2D eigenvalue weighted by atomic mass is 35.5. The molecule has 1 aromatic carbocycles. The number of hydrogen-bond donors (Lipinski definition) is 2. The number of nitrogens with one attached hydrogen (secondary N) is 1. The molecule has 1 amide bonds. The topological polar surface area (TPSA) is 67.8 Å². The number of benzene rings is 1. The number of hydrogen-bond acceptors (Lipinski definition) is 4. The Balaban J connectivity index is 2.37. The predicted octanol–water partition coefficient (Wildman–Crippen LogP) is 3.20. The highest BCUT2D eigenvalue weighted by Gasteiger charge is 2.52. The van der Waals surface area contributed by atoms with Crippen molar-refractivity contribution in [2.45, 2.75) is 45.8 Å². The Morgan fingerprint density at radius 3 is 2.42 bits per heavy atom. The van der Waals surface area contributed by atoms with Crippen LogP contribution in [-0.2, 0) is 14.1 Å². The molecular formula is C17H23BClNO4. The van der Waals surface area contributed by atoms with Crippen LogP contribution < -0.4 is 5.32 Å². The second-order valence-corrected chi connectivity index (χ2v) is 7.28. The second-order valence-electron chi connectivity index (χ2n) is 6.90. The van der Waals surface area contributed by atoms with Crippen molar-refractivity contribution >= 4 is 30.7 Å². The van der Waals surface area contributed by atoms with Gasteiger partial charge >= 0.3 is 7.12 Å². The molecule has 24 heavy (non-hydrogen) atoms. The minimum atomic E-state index is -0.611. The quantitative estimate of drug-likeness (QED) is 0.818. The molecule has 2 N–H and O–H groups in total. The van der Waals surface area contributed by atoms with Gasteiger partial charge in [-0.2, -0.15) is 0 Å². The lowest BCUT2D eigenvalue weighted by atomic mass is 9.77. The molecule has 0 aromatic heterocycles. The van der Waals surface area contributed by atoms with Gasteiger partial charge in [0.2, 0.25) is 5.91 Å². The van der Waals surface area contributed by atoms with Crippen LogP contribution in [0.2, 0.25) is 5.02 Å². The monoisotopic (exact) mass is 351 g/mol. The number of phenols is 1. The van der Waals surface area contributed by atoms with Gasteiger partial charge in [-0.3, -0.25) is 4.79 Å². The van der Waals surface area contributed by atoms with Gasteiger partial charge in [0.25, 0.3) is 0 Å². The predicted molar refractivity (Wildman–Crippen MR) is 95.9 cm³/mol. The van der Waals surface area contributed by atoms with Gasteiger partial charge in [-0.1, -0.05) is 29.8 Å². The molecule has 1 aromatic rings. The summed E-state index contributed by atoms with van der Waals surface area (Å²) in [6, 6.07) is 5.00. The summed E-state index contributed by atoms with van der Waals surface area (Å²) < 4.78 is 12.1. The highest BCUT2D eigenvalue weighted by molar-refractivity contribution is 6.56. The lowest BCUT2D eigenvalue weighted by Crippen LogP contribution is -2.41. The summed E-state index contributed by atoms with van der Waals surface area (Å²) >= 11 is 6.16. The Labute approximate surface area is 148 Å². The van der Waals surface area contributed by atoms with Gasteiger partial charge in [0.1, 0.15) is 5.75 Å². The normalized spacial score (nSPS) is 19.4. The van der Waals surface area contributed by atoms with Gasteiger partial charge in [-0.05, 0) is 44.8 Å². The minimum Gasteiger partial charge on any atom is -0.506 e. The first-order chi connectivity index (χ1) is 11.0. The zero-order valence-corrected chi connectivity index (χ0v) is 15.4. The average molecular weight is 352 g/mol. The van der Waals surface area contributed by atoms with Crippen LogP contribution in [0.1, 0.15) is 40.2 Å². The van der Waals surface area contributed by atoms with E-state index in [1.54, 1.807) is 18.2 Å². The maximum atomic E-state index is 11.3. The summed E-state index contributed by atoms with van der Waals surface area (Å²) in [5, 5.41) is 12.8. The van der Waals surface area contributed by atoms with E-state index in [0.29, 0.717) is 5.56 Å². The van der Waals surface area contributed by atoms with Gasteiger partial charge in [-0.15, -0.1) is 0 Å². The first-order valence-electron chi connectivity index (χ1n) is 7.81. The van der Waals surface area contributed by atoms with Gasteiger partial charge in [0, 0.05) is 13.5 Å². The molecule has 0 bridgehead atoms. The number of rotatable bonds is 4. The first kappa shape index (κ1) is 18.8. The van der Waals surface area contributed by atoms with E-state index in [9.17, 15) is 9.90 Å². The standard InChI is InChI=1S/C17H23BClNO4/c1-11(21)20-10-13(9-12-7-6-8-14(22)15(12)19)18-23-16(2,3)17(4,5)24-18/h6-9,22H,10H2,1-5H3,(H,20,21). The summed E-state index contributed by atoms with van der Waals surface area (Å²) in [5.41, 5.74) is 0.369. The molecule has 130 valence electrons. The third-order valence-corrected chi connectivity index (χ3v) is 4.86. The van der Waals surface area contributed by atoms with E-state index in [-0.39, 0.29) is 23.2 Å². The molecule has 5 nitrogen and oxygen atoms in total. The fourth-order valence-corrected chi connectivity index (χ4v) is 2.45. The van der Waals surface area contributed by atoms with Gasteiger partial charge < -0.3 is 19.7 Å². The van der Waals surface area contributed by atoms with Crippen LogP contribution in [0.4, 0.5) is 0 Å². The van der Waals surface area contributed by atoms with Crippen molar-refractivity contribution in [3.8, 4) is 5.75 Å². The molecule has 0 atom stereocenters. The Morgan fingerprint density at radius 1 is 1.29 bits per heavy atom. The van der Waals surface area contributed by atoms with Crippen LogP contribution in [0, 0.1) is 0 Å². The third kappa shape index (κ3) is 3.94. The molecule has 1 saturated heterocycles. The molecule has 0 aliphatic carbocycles. The maximum absolute atomic E-state index is 11.3. The van der Waals surface area contributed by atoms with Crippen molar-refractivity contribution in [3.63, 3.8) is 0 Å². The summed E-state index contributed by atoms with van der Waals surface area (Å²) in [7, 11) is -0.611. The molecule has 1 fully saturated rings. The molecule has 0 unspecified atom stereocenters. The van der Waals surface area contributed by atoms with Crippen molar-refractivity contribution in [2.75, 3.05) is 6.54 Å². The average Bonchev–Trinajstić information content (AvgIpc) is 2.67. The van der Waals surface area contributed by atoms with Gasteiger partial charge in [0.15, 0.2) is 0 Å². The number of amides is 1. The molecule has 1 heterocycles. The lowest BCUT2D eigenvalue weighted by molar-refractivity contribution is -0.118. The van der Waals surface area contributed by atoms with Crippen LogP contribution in [-0.4, -0.2) is 35.9 Å². The zero-order chi connectivity index (χ0) is 18.1. The van der Waals surface area contributed by atoms with Crippen molar-refractivity contribution < 1.29 is 19.2 Å². The fraction of sp³-hybridized carbons (Fsp3) is 0.471. The Morgan fingerprint density at radius 2 is 1.88 bits per heavy atom. The summed E-state index contributed by atoms with van der Waals surface area (Å²) in [6.45, 7) is 9.56. The van der Waals surface area contributed by atoms with Crippen molar-refractivity contribution in [2.24, 2.45) is 0 Å². The van der Waals surface area contributed by atoms with Crippen molar-refractivity contribution in [3.05, 3.63) is 34.3 Å². The van der Waals surface area contributed by atoms with E-state index in [2.05, 4.69) is 5.32 Å². The molecule has 0 saturated carbocycles. The van der Waals surface area contributed by atoms with E-state index >= 15 is 0 Å². The van der Waals surface area contributed by atoms with E-state index in [1.807, 2.05) is 27.7 Å². The molecule has 0 spiro atoms. The zero-order valence-electron chi connectivity index (χ0n) is 14.6. The van der Waals surface area contributed by atoms with Crippen LogP contribution >= 0.6 is 11.6 Å². The molecule has 0 radical (unpaired) electrons. The number of halogens is 1. The van der Waals surface area contributed by atoms with E-state index in [0.717, 1.165) is 5.47 Å². The van der Waals surface area contributed by atoms with Crippen LogP contribution in [0.3, 0.4) is 0 Å². The Bertz CT molecular complexity index is 657. The van der Waals surface area contributed by atoms with Gasteiger partial charge in [0.05, 0.1) is 16.2 Å². The van der Waals surface area contributed by atoms with E-state index in [4.69, 9.17) is 20.9 Å². The molecule has 1 aliphatic heterocycles. The number of aromatic hydroxyl groups is 1. The molecule has 2 rings (SSSR count). The van der Waals surface area contributed by atoms with Crippen LogP contribution in [0.25, 0.3) is 6.08 Å². The fourth-order valence-electron chi connectivity index (χ4n) is 2.27. The van der Waals surface area contributed by atoms with Crippen molar-refractivity contribution in [1.29, 1.82) is 0 Å². The number of carbonyl (C=O) groups excluding carboxylic acids is 1. The highest BCUT2D eigenvalue weighted by Crippen LogP contribution is 2.39. The molecular weight excluding hydrogens is 328 g/mol. The molecule has 7 heteroatoms. The maximum Gasteiger partial charge on any atom is 0.492 e. The number of carbonyl (C=O) groups is 1.